The van der Waals surface area contributed by atoms with Gasteiger partial charge in [-0.15, -0.1) is 11.7 Å². The highest BCUT2D eigenvalue weighted by Gasteiger charge is 2.29. The van der Waals surface area contributed by atoms with Crippen molar-refractivity contribution in [1.82, 2.24) is 5.32 Å². The van der Waals surface area contributed by atoms with E-state index in [4.69, 9.17) is 11.6 Å². The molecule has 0 saturated carbocycles. The van der Waals surface area contributed by atoms with E-state index in [1.165, 1.54) is 5.56 Å². The van der Waals surface area contributed by atoms with Crippen LogP contribution in [0.2, 0.25) is 5.02 Å². The van der Waals surface area contributed by atoms with Crippen LogP contribution < -0.4 is 5.32 Å². The molecule has 96 valence electrons. The van der Waals surface area contributed by atoms with Gasteiger partial charge < -0.3 is 5.32 Å². The molecule has 17 heavy (non-hydrogen) atoms. The second kappa shape index (κ2) is 6.93. The van der Waals surface area contributed by atoms with Crippen molar-refractivity contribution in [2.75, 3.05) is 6.54 Å². The van der Waals surface area contributed by atoms with E-state index >= 15 is 0 Å². The molecule has 1 aromatic rings. The van der Waals surface area contributed by atoms with Crippen molar-refractivity contribution >= 4 is 34.1 Å². The average Bonchev–Trinajstić information content (AvgIpc) is 2.30. The monoisotopic (exact) mass is 289 g/mol. The zero-order chi connectivity index (χ0) is 12.9. The minimum absolute atomic E-state index is 0.0102. The minimum atomic E-state index is 0.0102. The molecule has 1 rings (SSSR count). The maximum atomic E-state index is 5.92. The smallest absolute Gasteiger partial charge is 0.0574 e. The molecule has 1 atom stereocenters. The summed E-state index contributed by atoms with van der Waals surface area (Å²) in [5.74, 6) is 0. The second-order valence-electron chi connectivity index (χ2n) is 4.69. The Morgan fingerprint density at radius 1 is 1.35 bits per heavy atom. The van der Waals surface area contributed by atoms with Crippen LogP contribution in [0.15, 0.2) is 24.3 Å². The average molecular weight is 290 g/mol. The van der Waals surface area contributed by atoms with E-state index in [0.717, 1.165) is 18.0 Å². The number of thiol groups is 1. The van der Waals surface area contributed by atoms with Crippen molar-refractivity contribution in [1.29, 1.82) is 0 Å². The number of hydrogen-bond acceptors (Lipinski definition) is 3. The van der Waals surface area contributed by atoms with E-state index < -0.39 is 0 Å². The molecule has 1 nitrogen and oxygen atoms in total. The zero-order valence-electron chi connectivity index (χ0n) is 10.5. The summed E-state index contributed by atoms with van der Waals surface area (Å²) in [5, 5.41) is 4.64. The van der Waals surface area contributed by atoms with Gasteiger partial charge >= 0.3 is 0 Å². The lowest BCUT2D eigenvalue weighted by atomic mass is 9.94. The molecule has 0 bridgehead atoms. The van der Waals surface area contributed by atoms with Crippen LogP contribution in [0.25, 0.3) is 0 Å². The Balaban J connectivity index is 2.86. The van der Waals surface area contributed by atoms with Gasteiger partial charge in [-0.25, -0.2) is 0 Å². The Hall–Kier alpha value is 0.170. The van der Waals surface area contributed by atoms with Crippen molar-refractivity contribution in [3.8, 4) is 0 Å². The van der Waals surface area contributed by atoms with Gasteiger partial charge in [0.05, 0.1) is 5.25 Å². The quantitative estimate of drug-likeness (QED) is 0.580. The molecule has 0 fully saturated rings. The summed E-state index contributed by atoms with van der Waals surface area (Å²) >= 11 is 10.3. The molecule has 4 heteroatoms. The topological polar surface area (TPSA) is 12.0 Å². The van der Waals surface area contributed by atoms with Crippen molar-refractivity contribution in [3.63, 3.8) is 0 Å². The first kappa shape index (κ1) is 15.2. The van der Waals surface area contributed by atoms with E-state index in [0.29, 0.717) is 5.25 Å². The normalized spacial score (nSPS) is 13.7. The fraction of sp³-hybridized carbons (Fsp3) is 0.538. The third kappa shape index (κ3) is 4.40. The Kier molecular flexibility index (Phi) is 6.21. The molecular weight excluding hydrogens is 270 g/mol. The van der Waals surface area contributed by atoms with Gasteiger partial charge in [0.1, 0.15) is 0 Å². The van der Waals surface area contributed by atoms with E-state index in [1.54, 1.807) is 10.8 Å². The molecule has 0 spiro atoms. The lowest BCUT2D eigenvalue weighted by Gasteiger charge is -2.34. The van der Waals surface area contributed by atoms with Crippen molar-refractivity contribution in [2.24, 2.45) is 0 Å². The number of hydrogen-bond donors (Lipinski definition) is 2. The van der Waals surface area contributed by atoms with E-state index in [2.05, 4.69) is 49.9 Å². The highest BCUT2D eigenvalue weighted by molar-refractivity contribution is 8.68. The summed E-state index contributed by atoms with van der Waals surface area (Å²) in [4.78, 5) is 0. The van der Waals surface area contributed by atoms with Gasteiger partial charge in [0.15, 0.2) is 0 Å². The number of halogens is 1. The molecule has 1 N–H and O–H groups in total. The van der Waals surface area contributed by atoms with Gasteiger partial charge in [0, 0.05) is 10.6 Å². The summed E-state index contributed by atoms with van der Waals surface area (Å²) in [7, 11) is 1.58. The highest BCUT2D eigenvalue weighted by atomic mass is 35.5. The summed E-state index contributed by atoms with van der Waals surface area (Å²) in [6.45, 7) is 7.62. The zero-order valence-corrected chi connectivity index (χ0v) is 13.0. The number of benzene rings is 1. The van der Waals surface area contributed by atoms with Crippen molar-refractivity contribution in [3.05, 3.63) is 34.9 Å². The first-order chi connectivity index (χ1) is 8.01. The summed E-state index contributed by atoms with van der Waals surface area (Å²) in [6.07, 6.45) is 1.13. The Bertz CT molecular complexity index is 338. The fourth-order valence-electron chi connectivity index (χ4n) is 1.79. The molecule has 0 heterocycles. The largest absolute Gasteiger partial charge is 0.310 e. The summed E-state index contributed by atoms with van der Waals surface area (Å²) < 4.78 is 0. The van der Waals surface area contributed by atoms with Crippen LogP contribution in [0.3, 0.4) is 0 Å². The summed E-state index contributed by atoms with van der Waals surface area (Å²) in [5.41, 5.74) is 1.26. The molecule has 0 amide bonds. The van der Waals surface area contributed by atoms with E-state index in [9.17, 15) is 0 Å². The first-order valence-corrected chi connectivity index (χ1v) is 8.13. The van der Waals surface area contributed by atoms with Gasteiger partial charge in [-0.2, -0.15) is 0 Å². The van der Waals surface area contributed by atoms with Gasteiger partial charge in [0.25, 0.3) is 0 Å². The lowest BCUT2D eigenvalue weighted by Crippen LogP contribution is -2.43. The molecule has 1 aromatic carbocycles. The van der Waals surface area contributed by atoms with E-state index in [-0.39, 0.29) is 5.54 Å². The van der Waals surface area contributed by atoms with Gasteiger partial charge in [0.2, 0.25) is 0 Å². The third-order valence-electron chi connectivity index (χ3n) is 2.76. The lowest BCUT2D eigenvalue weighted by molar-refractivity contribution is 0.381. The highest BCUT2D eigenvalue weighted by Crippen LogP contribution is 2.40. The Morgan fingerprint density at radius 2 is 1.94 bits per heavy atom. The van der Waals surface area contributed by atoms with Crippen LogP contribution in [0.5, 0.6) is 0 Å². The predicted octanol–water partition coefficient (Wildman–Crippen LogP) is 4.74. The summed E-state index contributed by atoms with van der Waals surface area (Å²) in [6, 6.07) is 8.02. The van der Waals surface area contributed by atoms with Gasteiger partial charge in [-0.1, -0.05) is 41.5 Å². The Morgan fingerprint density at radius 3 is 2.41 bits per heavy atom. The molecule has 0 aliphatic rings. The predicted molar refractivity (Wildman–Crippen MR) is 83.1 cm³/mol. The van der Waals surface area contributed by atoms with Crippen molar-refractivity contribution in [2.45, 2.75) is 38.0 Å². The van der Waals surface area contributed by atoms with E-state index in [1.807, 2.05) is 12.1 Å². The Labute approximate surface area is 119 Å². The van der Waals surface area contributed by atoms with Crippen LogP contribution in [0.4, 0.5) is 0 Å². The maximum Gasteiger partial charge on any atom is 0.0574 e. The molecular formula is C13H20ClNS2. The number of rotatable bonds is 6. The molecule has 0 aliphatic carbocycles. The standard InChI is InChI=1S/C13H20ClNS2/c1-4-9-15-13(2,3)12(17-16)10-5-7-11(14)8-6-10/h5-8,12,15-16H,4,9H2,1-3H3. The van der Waals surface area contributed by atoms with Crippen LogP contribution in [-0.4, -0.2) is 12.1 Å². The maximum absolute atomic E-state index is 5.92. The number of nitrogens with one attached hydrogen (secondary N) is 1. The molecule has 0 saturated heterocycles. The minimum Gasteiger partial charge on any atom is -0.310 e. The molecule has 0 aromatic heterocycles. The van der Waals surface area contributed by atoms with Crippen LogP contribution >= 0.6 is 34.1 Å². The molecule has 1 unspecified atom stereocenters. The van der Waals surface area contributed by atoms with Crippen molar-refractivity contribution < 1.29 is 0 Å². The third-order valence-corrected chi connectivity index (χ3v) is 4.72. The molecule has 0 aliphatic heterocycles. The van der Waals surface area contributed by atoms with Gasteiger partial charge in [-0.05, 0) is 44.5 Å². The van der Waals surface area contributed by atoms with Crippen LogP contribution in [0.1, 0.15) is 38.0 Å². The first-order valence-electron chi connectivity index (χ1n) is 5.82. The molecule has 0 radical (unpaired) electrons. The second-order valence-corrected chi connectivity index (χ2v) is 6.44. The van der Waals surface area contributed by atoms with Crippen LogP contribution in [-0.2, 0) is 0 Å². The fourth-order valence-corrected chi connectivity index (χ4v) is 3.69. The van der Waals surface area contributed by atoms with Crippen LogP contribution in [0, 0.1) is 0 Å². The SMILES string of the molecule is CCCNC(C)(C)C(SS)c1ccc(Cl)cc1. The van der Waals surface area contributed by atoms with Gasteiger partial charge in [-0.3, -0.25) is 0 Å².